The van der Waals surface area contributed by atoms with Crippen molar-refractivity contribution in [1.29, 1.82) is 0 Å². The van der Waals surface area contributed by atoms with E-state index in [-0.39, 0.29) is 18.2 Å². The Morgan fingerprint density at radius 1 is 1.29 bits per heavy atom. The number of carboxylic acid groups (broad SMARTS) is 1. The number of methoxy groups -OCH3 is 2. The van der Waals surface area contributed by atoms with Crippen LogP contribution in [-0.4, -0.2) is 49.2 Å². The molecular formula is C18H23NO5. The van der Waals surface area contributed by atoms with Gasteiger partial charge < -0.3 is 19.5 Å². The zero-order valence-electron chi connectivity index (χ0n) is 14.1. The van der Waals surface area contributed by atoms with E-state index in [9.17, 15) is 14.7 Å². The molecule has 0 spiro atoms. The first-order chi connectivity index (χ1) is 11.5. The van der Waals surface area contributed by atoms with Crippen LogP contribution in [0.5, 0.6) is 11.5 Å². The first-order valence-corrected chi connectivity index (χ1v) is 8.23. The monoisotopic (exact) mass is 333 g/mol. The highest BCUT2D eigenvalue weighted by Crippen LogP contribution is 2.49. The number of aliphatic carboxylic acids is 1. The zero-order chi connectivity index (χ0) is 17.3. The highest BCUT2D eigenvalue weighted by Gasteiger charge is 2.55. The topological polar surface area (TPSA) is 76.1 Å². The molecule has 1 N–H and O–H groups in total. The smallest absolute Gasteiger partial charge is 0.311 e. The second kappa shape index (κ2) is 6.34. The Kier molecular flexibility index (Phi) is 4.39. The summed E-state index contributed by atoms with van der Waals surface area (Å²) < 4.78 is 10.7. The number of carbonyl (C=O) groups is 2. The van der Waals surface area contributed by atoms with Crippen LogP contribution in [0.15, 0.2) is 18.2 Å². The van der Waals surface area contributed by atoms with Crippen molar-refractivity contribution in [3.63, 3.8) is 0 Å². The molecule has 24 heavy (non-hydrogen) atoms. The van der Waals surface area contributed by atoms with Gasteiger partial charge in [0.2, 0.25) is 5.91 Å². The average Bonchev–Trinajstić information content (AvgIpc) is 3.13. The van der Waals surface area contributed by atoms with Gasteiger partial charge in [0.1, 0.15) is 11.5 Å². The Bertz CT molecular complexity index is 637. The van der Waals surface area contributed by atoms with Crippen LogP contribution < -0.4 is 9.47 Å². The third-order valence-corrected chi connectivity index (χ3v) is 5.51. The van der Waals surface area contributed by atoms with Crippen molar-refractivity contribution in [2.45, 2.75) is 25.7 Å². The lowest BCUT2D eigenvalue weighted by atomic mass is 9.81. The second-order valence-corrected chi connectivity index (χ2v) is 6.64. The van der Waals surface area contributed by atoms with E-state index in [1.54, 1.807) is 31.3 Å². The summed E-state index contributed by atoms with van der Waals surface area (Å²) in [5.41, 5.74) is -0.0468. The fourth-order valence-corrected chi connectivity index (χ4v) is 4.19. The van der Waals surface area contributed by atoms with E-state index in [4.69, 9.17) is 9.47 Å². The molecule has 1 aromatic carbocycles. The molecule has 1 aliphatic heterocycles. The van der Waals surface area contributed by atoms with Gasteiger partial charge >= 0.3 is 5.97 Å². The molecule has 130 valence electrons. The maximum absolute atomic E-state index is 12.8. The zero-order valence-corrected chi connectivity index (χ0v) is 14.1. The Hall–Kier alpha value is -2.24. The van der Waals surface area contributed by atoms with E-state index >= 15 is 0 Å². The molecule has 3 rings (SSSR count). The summed E-state index contributed by atoms with van der Waals surface area (Å²) in [7, 11) is 3.12. The number of carbonyl (C=O) groups excluding carboxylic acids is 1. The predicted octanol–water partition coefficient (Wildman–Crippen LogP) is 1.96. The van der Waals surface area contributed by atoms with Crippen LogP contribution in [-0.2, 0) is 16.0 Å². The Labute approximate surface area is 141 Å². The molecule has 6 heteroatoms. The molecule has 1 amide bonds. The van der Waals surface area contributed by atoms with E-state index in [1.807, 2.05) is 6.07 Å². The molecule has 2 aliphatic rings. The maximum Gasteiger partial charge on any atom is 0.311 e. The Morgan fingerprint density at radius 3 is 2.50 bits per heavy atom. The molecule has 1 aromatic rings. The van der Waals surface area contributed by atoms with Crippen LogP contribution in [0.4, 0.5) is 0 Å². The van der Waals surface area contributed by atoms with Crippen LogP contribution in [0.25, 0.3) is 0 Å². The highest BCUT2D eigenvalue weighted by atomic mass is 16.5. The fourth-order valence-electron chi connectivity index (χ4n) is 4.19. The molecule has 6 nitrogen and oxygen atoms in total. The van der Waals surface area contributed by atoms with Gasteiger partial charge in [-0.2, -0.15) is 0 Å². The molecule has 1 saturated heterocycles. The first kappa shape index (κ1) is 16.6. The summed E-state index contributed by atoms with van der Waals surface area (Å²) in [5, 5.41) is 9.65. The van der Waals surface area contributed by atoms with Gasteiger partial charge in [0.15, 0.2) is 0 Å². The average molecular weight is 333 g/mol. The lowest BCUT2D eigenvalue weighted by molar-refractivity contribution is -0.149. The van der Waals surface area contributed by atoms with Crippen molar-refractivity contribution in [3.8, 4) is 11.5 Å². The molecule has 0 unspecified atom stereocenters. The minimum Gasteiger partial charge on any atom is -0.496 e. The summed E-state index contributed by atoms with van der Waals surface area (Å²) >= 11 is 0. The number of ether oxygens (including phenoxy) is 2. The predicted molar refractivity (Wildman–Crippen MR) is 87.2 cm³/mol. The SMILES string of the molecule is COc1cccc(OC)c1CC(=O)N1C[C@@H]2CCC[C@@]2(C(=O)O)C1. The van der Waals surface area contributed by atoms with Gasteiger partial charge in [-0.05, 0) is 30.9 Å². The lowest BCUT2D eigenvalue weighted by Crippen LogP contribution is -2.37. The quantitative estimate of drug-likeness (QED) is 0.891. The minimum absolute atomic E-state index is 0.0681. The number of rotatable bonds is 5. The van der Waals surface area contributed by atoms with Crippen LogP contribution in [0.1, 0.15) is 24.8 Å². The summed E-state index contributed by atoms with van der Waals surface area (Å²) in [4.78, 5) is 26.2. The van der Waals surface area contributed by atoms with E-state index in [0.29, 0.717) is 36.6 Å². The van der Waals surface area contributed by atoms with Crippen molar-refractivity contribution >= 4 is 11.9 Å². The van der Waals surface area contributed by atoms with Gasteiger partial charge in [-0.15, -0.1) is 0 Å². The Balaban J connectivity index is 1.79. The van der Waals surface area contributed by atoms with E-state index in [0.717, 1.165) is 12.8 Å². The molecular weight excluding hydrogens is 310 g/mol. The van der Waals surface area contributed by atoms with Crippen molar-refractivity contribution in [3.05, 3.63) is 23.8 Å². The van der Waals surface area contributed by atoms with Crippen LogP contribution in [0.2, 0.25) is 0 Å². The van der Waals surface area contributed by atoms with Crippen molar-refractivity contribution in [2.24, 2.45) is 11.3 Å². The first-order valence-electron chi connectivity index (χ1n) is 8.23. The van der Waals surface area contributed by atoms with Crippen LogP contribution >= 0.6 is 0 Å². The summed E-state index contributed by atoms with van der Waals surface area (Å²) in [6, 6.07) is 5.40. The molecule has 1 heterocycles. The number of fused-ring (bicyclic) bond motifs is 1. The molecule has 0 radical (unpaired) electrons. The normalized spacial score (nSPS) is 25.4. The lowest BCUT2D eigenvalue weighted by Gasteiger charge is -2.23. The molecule has 2 atom stereocenters. The third kappa shape index (κ3) is 2.60. The van der Waals surface area contributed by atoms with Gasteiger partial charge in [-0.1, -0.05) is 12.5 Å². The molecule has 0 bridgehead atoms. The van der Waals surface area contributed by atoms with Gasteiger partial charge in [0, 0.05) is 18.7 Å². The van der Waals surface area contributed by atoms with Gasteiger partial charge in [-0.25, -0.2) is 0 Å². The maximum atomic E-state index is 12.8. The van der Waals surface area contributed by atoms with E-state index in [1.165, 1.54) is 0 Å². The fraction of sp³-hybridized carbons (Fsp3) is 0.556. The number of benzene rings is 1. The van der Waals surface area contributed by atoms with Gasteiger partial charge in [0.05, 0.1) is 26.1 Å². The van der Waals surface area contributed by atoms with Crippen LogP contribution in [0, 0.1) is 11.3 Å². The van der Waals surface area contributed by atoms with Crippen LogP contribution in [0.3, 0.4) is 0 Å². The largest absolute Gasteiger partial charge is 0.496 e. The number of carboxylic acids is 1. The van der Waals surface area contributed by atoms with Gasteiger partial charge in [-0.3, -0.25) is 9.59 Å². The second-order valence-electron chi connectivity index (χ2n) is 6.64. The number of hydrogen-bond donors (Lipinski definition) is 1. The van der Waals surface area contributed by atoms with Crippen molar-refractivity contribution in [2.75, 3.05) is 27.3 Å². The van der Waals surface area contributed by atoms with Crippen molar-refractivity contribution < 1.29 is 24.2 Å². The number of hydrogen-bond acceptors (Lipinski definition) is 4. The summed E-state index contributed by atoms with van der Waals surface area (Å²) in [6.07, 6.45) is 2.62. The molecule has 2 fully saturated rings. The molecule has 1 saturated carbocycles. The molecule has 0 aromatic heterocycles. The number of amides is 1. The minimum atomic E-state index is -0.768. The number of likely N-dealkylation sites (tertiary alicyclic amines) is 1. The van der Waals surface area contributed by atoms with Crippen molar-refractivity contribution in [1.82, 2.24) is 4.90 Å². The Morgan fingerprint density at radius 2 is 1.96 bits per heavy atom. The summed E-state index contributed by atoms with van der Waals surface area (Å²) in [5.74, 6) is 0.437. The number of nitrogens with zero attached hydrogens (tertiary/aromatic N) is 1. The summed E-state index contributed by atoms with van der Waals surface area (Å²) in [6.45, 7) is 0.839. The molecule has 1 aliphatic carbocycles. The standard InChI is InChI=1S/C18H23NO5/c1-23-14-6-3-7-15(24-2)13(14)9-16(20)19-10-12-5-4-8-18(12,11-19)17(21)22/h3,6-7,12H,4-5,8-11H2,1-2H3,(H,21,22)/t12-,18+/m0/s1. The van der Waals surface area contributed by atoms with E-state index in [2.05, 4.69) is 0 Å². The van der Waals surface area contributed by atoms with Gasteiger partial charge in [0.25, 0.3) is 0 Å². The third-order valence-electron chi connectivity index (χ3n) is 5.51. The van der Waals surface area contributed by atoms with E-state index < -0.39 is 11.4 Å². The highest BCUT2D eigenvalue weighted by molar-refractivity contribution is 5.83.